The molecule has 246 valence electrons. The van der Waals surface area contributed by atoms with Crippen molar-refractivity contribution in [1.29, 1.82) is 0 Å². The second-order valence-electron chi connectivity index (χ2n) is 7.68. The highest BCUT2D eigenvalue weighted by Crippen LogP contribution is 2.67. The molecule has 0 aliphatic carbocycles. The molecule has 1 aliphatic rings. The molecule has 1 fully saturated rings. The monoisotopic (exact) mass is 678 g/mol. The molecule has 41 heavy (non-hydrogen) atoms. The van der Waals surface area contributed by atoms with Gasteiger partial charge in [-0.3, -0.25) is 0 Å². The molecule has 0 amide bonds. The van der Waals surface area contributed by atoms with Crippen molar-refractivity contribution in [3.05, 3.63) is 0 Å². The van der Waals surface area contributed by atoms with Gasteiger partial charge in [0.25, 0.3) is 0 Å². The van der Waals surface area contributed by atoms with E-state index in [9.17, 15) is 110 Å². The lowest BCUT2D eigenvalue weighted by Crippen LogP contribution is -2.78. The van der Waals surface area contributed by atoms with Crippen LogP contribution in [0.15, 0.2) is 0 Å². The van der Waals surface area contributed by atoms with Crippen LogP contribution < -0.4 is 0 Å². The van der Waals surface area contributed by atoms with E-state index in [2.05, 4.69) is 4.74 Å². The van der Waals surface area contributed by atoms with Gasteiger partial charge in [-0.15, -0.1) is 13.2 Å². The van der Waals surface area contributed by atoms with Gasteiger partial charge >= 0.3 is 71.7 Å². The topological polar surface area (TPSA) is 21.8 Å². The molecule has 0 bridgehead atoms. The average molecular weight is 678 g/mol. The van der Waals surface area contributed by atoms with Crippen LogP contribution in [0.4, 0.5) is 110 Å². The van der Waals surface area contributed by atoms with E-state index in [4.69, 9.17) is 0 Å². The Balaban J connectivity index is 3.94. The van der Waals surface area contributed by atoms with Crippen molar-refractivity contribution in [2.24, 2.45) is 0 Å². The first-order valence-corrected chi connectivity index (χ1v) is 8.85. The van der Waals surface area contributed by atoms with Crippen molar-refractivity contribution in [3.63, 3.8) is 0 Å². The fourth-order valence-corrected chi connectivity index (χ4v) is 2.53. The Hall–Kier alpha value is -1.83. The van der Waals surface area contributed by atoms with Gasteiger partial charge in [-0.25, -0.2) is 4.74 Å². The lowest BCUT2D eigenvalue weighted by molar-refractivity contribution is -0.512. The quantitative estimate of drug-likeness (QED) is 0.164. The minimum atomic E-state index is -9.56. The molecule has 0 aromatic rings. The van der Waals surface area contributed by atoms with Crippen LogP contribution in [0.3, 0.4) is 0 Å². The standard InChI is InChI=1S/C14H3F25O2/c15-3(16,2-1-40-2)12(33,41-14(37,38)39)10(29,30)8(25,26)6(21,22)4(17,18)5(19,20)7(23,24)9(27,28)11(31,32)13(34,35)36/h2H,1H2. The molecule has 0 saturated carbocycles. The van der Waals surface area contributed by atoms with Crippen molar-refractivity contribution in [2.45, 2.75) is 77.8 Å². The van der Waals surface area contributed by atoms with Gasteiger partial charge in [0, 0.05) is 0 Å². The summed E-state index contributed by atoms with van der Waals surface area (Å²) in [6.07, 6.45) is -19.4. The van der Waals surface area contributed by atoms with E-state index in [0.717, 1.165) is 0 Å². The number of rotatable bonds is 11. The molecular formula is C14H3F25O2. The molecule has 1 rings (SSSR count). The van der Waals surface area contributed by atoms with Gasteiger partial charge in [0.15, 0.2) is 6.10 Å². The summed E-state index contributed by atoms with van der Waals surface area (Å²) in [7, 11) is 0. The first kappa shape index (κ1) is 37.2. The zero-order chi connectivity index (χ0) is 33.7. The maximum Gasteiger partial charge on any atom is 0.525 e. The summed E-state index contributed by atoms with van der Waals surface area (Å²) in [5.74, 6) is -89.2. The van der Waals surface area contributed by atoms with Crippen LogP contribution in [0.2, 0.25) is 0 Å². The van der Waals surface area contributed by atoms with Gasteiger partial charge in [0.2, 0.25) is 0 Å². The molecule has 0 spiro atoms. The molecular weight excluding hydrogens is 675 g/mol. The van der Waals surface area contributed by atoms with E-state index >= 15 is 0 Å². The third kappa shape index (κ3) is 4.69. The van der Waals surface area contributed by atoms with Crippen molar-refractivity contribution in [1.82, 2.24) is 0 Å². The lowest BCUT2D eigenvalue weighted by Gasteiger charge is -2.46. The van der Waals surface area contributed by atoms with E-state index in [1.807, 2.05) is 0 Å². The highest BCUT2D eigenvalue weighted by molar-refractivity contribution is 5.20. The van der Waals surface area contributed by atoms with E-state index in [0.29, 0.717) is 0 Å². The SMILES string of the molecule is FC(F)(F)OC(F)(C(F)(F)C1CO1)C(F)(F)C(F)(F)C(F)(F)C(F)(F)C(F)(F)C(F)(F)C(F)(F)C(F)(F)C(F)(F)F. The Morgan fingerprint density at radius 3 is 0.854 bits per heavy atom. The first-order valence-electron chi connectivity index (χ1n) is 8.85. The Bertz CT molecular complexity index is 970. The first-order chi connectivity index (χ1) is 17.3. The molecule has 0 radical (unpaired) electrons. The molecule has 0 aromatic heterocycles. The molecule has 1 aliphatic heterocycles. The number of ether oxygens (including phenoxy) is 2. The van der Waals surface area contributed by atoms with Gasteiger partial charge in [0.05, 0.1) is 6.61 Å². The van der Waals surface area contributed by atoms with Crippen molar-refractivity contribution < 1.29 is 119 Å². The number of alkyl halides is 25. The van der Waals surface area contributed by atoms with E-state index in [1.54, 1.807) is 0 Å². The zero-order valence-electron chi connectivity index (χ0n) is 17.6. The van der Waals surface area contributed by atoms with Crippen molar-refractivity contribution in [2.75, 3.05) is 6.61 Å². The number of hydrogen-bond donors (Lipinski definition) is 0. The Kier molecular flexibility index (Phi) is 8.25. The molecule has 2 unspecified atom stereocenters. The van der Waals surface area contributed by atoms with Crippen molar-refractivity contribution in [3.8, 4) is 0 Å². The van der Waals surface area contributed by atoms with Crippen molar-refractivity contribution >= 4 is 0 Å². The second-order valence-corrected chi connectivity index (χ2v) is 7.68. The fraction of sp³-hybridized carbons (Fsp3) is 1.00. The molecule has 1 saturated heterocycles. The molecule has 27 heteroatoms. The van der Waals surface area contributed by atoms with Gasteiger partial charge in [0.1, 0.15) is 0 Å². The van der Waals surface area contributed by atoms with Crippen LogP contribution >= 0.6 is 0 Å². The summed E-state index contributed by atoms with van der Waals surface area (Å²) in [6, 6.07) is 0. The van der Waals surface area contributed by atoms with Crippen LogP contribution in [0, 0.1) is 0 Å². The van der Waals surface area contributed by atoms with Crippen LogP contribution in [-0.2, 0) is 9.47 Å². The van der Waals surface area contributed by atoms with Crippen LogP contribution in [0.25, 0.3) is 0 Å². The minimum absolute atomic E-state index is 1.35. The predicted octanol–water partition coefficient (Wildman–Crippen LogP) is 7.87. The molecule has 0 N–H and O–H groups in total. The summed E-state index contributed by atoms with van der Waals surface area (Å²) in [5, 5.41) is 0. The Morgan fingerprint density at radius 1 is 0.390 bits per heavy atom. The zero-order valence-corrected chi connectivity index (χ0v) is 17.6. The largest absolute Gasteiger partial charge is 0.525 e. The van der Waals surface area contributed by atoms with E-state index < -0.39 is 84.4 Å². The van der Waals surface area contributed by atoms with Crippen LogP contribution in [0.5, 0.6) is 0 Å². The Labute approximate surface area is 205 Å². The van der Waals surface area contributed by atoms with E-state index in [-0.39, 0.29) is 0 Å². The normalized spacial score (nSPS) is 21.1. The van der Waals surface area contributed by atoms with E-state index in [1.165, 1.54) is 4.74 Å². The van der Waals surface area contributed by atoms with Crippen LogP contribution in [-0.4, -0.2) is 84.4 Å². The smallest absolute Gasteiger partial charge is 0.366 e. The summed E-state index contributed by atoms with van der Waals surface area (Å²) >= 11 is 0. The number of hydrogen-bond acceptors (Lipinski definition) is 2. The predicted molar refractivity (Wildman–Crippen MR) is 71.3 cm³/mol. The van der Waals surface area contributed by atoms with Gasteiger partial charge < -0.3 is 4.74 Å². The summed E-state index contributed by atoms with van der Waals surface area (Å²) in [5.41, 5.74) is 0. The third-order valence-electron chi connectivity index (χ3n) is 4.94. The minimum Gasteiger partial charge on any atom is -0.366 e. The summed E-state index contributed by atoms with van der Waals surface area (Å²) < 4.78 is 335. The highest BCUT2D eigenvalue weighted by Gasteiger charge is 2.99. The molecule has 1 heterocycles. The second kappa shape index (κ2) is 9.09. The lowest BCUT2D eigenvalue weighted by atomic mass is 9.84. The van der Waals surface area contributed by atoms with Gasteiger partial charge in [-0.05, 0) is 0 Å². The molecule has 2 nitrogen and oxygen atoms in total. The summed E-state index contributed by atoms with van der Waals surface area (Å²) in [6.45, 7) is -1.92. The molecule has 2 atom stereocenters. The fourth-order valence-electron chi connectivity index (χ4n) is 2.53. The van der Waals surface area contributed by atoms with Gasteiger partial charge in [-0.1, -0.05) is 0 Å². The third-order valence-corrected chi connectivity index (χ3v) is 4.94. The van der Waals surface area contributed by atoms with Gasteiger partial charge in [-0.2, -0.15) is 96.6 Å². The molecule has 0 aromatic carbocycles. The number of halogens is 25. The summed E-state index contributed by atoms with van der Waals surface area (Å²) in [4.78, 5) is 0. The highest BCUT2D eigenvalue weighted by atomic mass is 19.4. The maximum atomic E-state index is 14.3. The maximum absolute atomic E-state index is 14.3. The van der Waals surface area contributed by atoms with Crippen LogP contribution in [0.1, 0.15) is 0 Å². The number of epoxide rings is 1. The average Bonchev–Trinajstić information content (AvgIpc) is 3.56. The Morgan fingerprint density at radius 2 is 0.634 bits per heavy atom.